The molecule has 1 aliphatic heterocycles. The molecule has 0 spiro atoms. The van der Waals surface area contributed by atoms with E-state index in [1.165, 1.54) is 23.3 Å². The number of nitrogens with zero attached hydrogens (tertiary/aromatic N) is 2. The molecule has 1 aliphatic rings. The van der Waals surface area contributed by atoms with Crippen LogP contribution in [0.15, 0.2) is 42.5 Å². The number of carbonyl (C=O) groups excluding carboxylic acids is 2. The molecule has 8 heteroatoms. The molecule has 0 bridgehead atoms. The number of benzene rings is 2. The average molecular weight is 531 g/mol. The molecule has 2 N–H and O–H groups in total. The number of amides is 2. The molecular weight excluding hydrogens is 486 g/mol. The van der Waals surface area contributed by atoms with Crippen LogP contribution in [0.3, 0.4) is 0 Å². The van der Waals surface area contributed by atoms with Gasteiger partial charge in [0.15, 0.2) is 0 Å². The number of halogens is 2. The normalized spacial score (nSPS) is 14.6. The van der Waals surface area contributed by atoms with Crippen molar-refractivity contribution >= 4 is 11.8 Å². The third-order valence-corrected chi connectivity index (χ3v) is 6.62. The fourth-order valence-electron chi connectivity index (χ4n) is 4.27. The summed E-state index contributed by atoms with van der Waals surface area (Å²) in [4.78, 5) is 28.6. The van der Waals surface area contributed by atoms with Gasteiger partial charge in [0, 0.05) is 38.8 Å². The largest absolute Gasteiger partial charge is 0.355 e. The summed E-state index contributed by atoms with van der Waals surface area (Å²) in [6, 6.07) is 11.8. The molecule has 38 heavy (non-hydrogen) atoms. The Morgan fingerprint density at radius 2 is 1.71 bits per heavy atom. The molecule has 2 aromatic rings. The highest BCUT2D eigenvalue weighted by atomic mass is 19.1. The monoisotopic (exact) mass is 530 g/mol. The quantitative estimate of drug-likeness (QED) is 0.398. The molecule has 6 nitrogen and oxygen atoms in total. The number of carbonyl (C=O) groups is 2. The van der Waals surface area contributed by atoms with Gasteiger partial charge in [-0.15, -0.1) is 0 Å². The molecule has 0 unspecified atom stereocenters. The molecule has 0 radical (unpaired) electrons. The minimum absolute atomic E-state index is 0.00968. The highest BCUT2D eigenvalue weighted by Crippen LogP contribution is 2.09. The summed E-state index contributed by atoms with van der Waals surface area (Å²) in [6.07, 6.45) is 4.07. The molecule has 0 aliphatic carbocycles. The second-order valence-electron chi connectivity index (χ2n) is 9.82. The van der Waals surface area contributed by atoms with Crippen LogP contribution < -0.4 is 10.6 Å². The van der Waals surface area contributed by atoms with Gasteiger partial charge in [0.2, 0.25) is 11.8 Å². The molecule has 3 rings (SSSR count). The van der Waals surface area contributed by atoms with Crippen LogP contribution >= 0.6 is 0 Å². The summed E-state index contributed by atoms with van der Waals surface area (Å²) in [5, 5.41) is 6.45. The van der Waals surface area contributed by atoms with Crippen LogP contribution in [0.4, 0.5) is 8.78 Å². The summed E-state index contributed by atoms with van der Waals surface area (Å²) in [6.45, 7) is 12.9. The van der Waals surface area contributed by atoms with Crippen molar-refractivity contribution in [2.75, 3.05) is 39.3 Å². The molecule has 1 atom stereocenters. The van der Waals surface area contributed by atoms with Crippen molar-refractivity contribution in [2.45, 2.75) is 66.0 Å². The third kappa shape index (κ3) is 11.3. The second kappa shape index (κ2) is 16.9. The first-order valence-electron chi connectivity index (χ1n) is 13.7. The van der Waals surface area contributed by atoms with Gasteiger partial charge in [0.05, 0.1) is 12.6 Å². The van der Waals surface area contributed by atoms with Gasteiger partial charge in [-0.1, -0.05) is 44.5 Å². The Kier molecular flexibility index (Phi) is 13.9. The maximum atomic E-state index is 12.4. The lowest BCUT2D eigenvalue weighted by Gasteiger charge is -2.37. The highest BCUT2D eigenvalue weighted by molar-refractivity contribution is 5.83. The van der Waals surface area contributed by atoms with E-state index in [2.05, 4.69) is 48.7 Å². The number of rotatable bonds is 12. The van der Waals surface area contributed by atoms with Crippen LogP contribution in [0.1, 0.15) is 56.7 Å². The van der Waals surface area contributed by atoms with Crippen LogP contribution in [0.25, 0.3) is 0 Å². The first-order valence-corrected chi connectivity index (χ1v) is 13.7. The molecule has 0 aromatic heterocycles. The molecule has 1 fully saturated rings. The highest BCUT2D eigenvalue weighted by Gasteiger charge is 2.29. The Morgan fingerprint density at radius 1 is 1.00 bits per heavy atom. The predicted molar refractivity (Wildman–Crippen MR) is 149 cm³/mol. The van der Waals surface area contributed by atoms with Crippen LogP contribution in [-0.4, -0.2) is 66.9 Å². The predicted octanol–water partition coefficient (Wildman–Crippen LogP) is 4.45. The summed E-state index contributed by atoms with van der Waals surface area (Å²) in [5.41, 5.74) is 3.26. The summed E-state index contributed by atoms with van der Waals surface area (Å²) in [5.74, 6) is -0.892. The average Bonchev–Trinajstić information content (AvgIpc) is 2.89. The van der Waals surface area contributed by atoms with Crippen molar-refractivity contribution in [2.24, 2.45) is 0 Å². The lowest BCUT2D eigenvalue weighted by molar-refractivity contribution is -0.139. The van der Waals surface area contributed by atoms with E-state index in [-0.39, 0.29) is 17.9 Å². The Labute approximate surface area is 226 Å². The SMILES string of the molecule is CCCCN1CCN([C@H](C)C(=O)NCCCNCc2cccc(CC)c2)CC1=O.Cc1cc(F)cc(F)c1. The minimum atomic E-state index is -0.521. The van der Waals surface area contributed by atoms with E-state index in [0.29, 0.717) is 18.7 Å². The van der Waals surface area contributed by atoms with E-state index in [1.54, 1.807) is 6.92 Å². The standard InChI is InChI=1S/C23H38N4O2.C7H6F2/c1-4-6-13-26-14-15-27(18-22(26)28)19(3)23(29)25-12-8-11-24-17-21-10-7-9-20(5-2)16-21;1-5-2-6(8)4-7(9)3-5/h7,9-10,16,19,24H,4-6,8,11-15,17-18H2,1-3H3,(H,25,29);2-4H,1H3/t19-;/m1./s1. The molecular formula is C30H44F2N4O2. The van der Waals surface area contributed by atoms with E-state index in [4.69, 9.17) is 0 Å². The Hall–Kier alpha value is -2.84. The Bertz CT molecular complexity index is 967. The topological polar surface area (TPSA) is 64.7 Å². The van der Waals surface area contributed by atoms with Crippen molar-refractivity contribution in [3.8, 4) is 0 Å². The Balaban J connectivity index is 0.000000474. The number of aryl methyl sites for hydroxylation is 2. The molecule has 1 saturated heterocycles. The number of piperazine rings is 1. The smallest absolute Gasteiger partial charge is 0.237 e. The van der Waals surface area contributed by atoms with Gasteiger partial charge < -0.3 is 15.5 Å². The van der Waals surface area contributed by atoms with Gasteiger partial charge in [-0.25, -0.2) is 8.78 Å². The fraction of sp³-hybridized carbons (Fsp3) is 0.533. The van der Waals surface area contributed by atoms with Crippen molar-refractivity contribution < 1.29 is 18.4 Å². The maximum absolute atomic E-state index is 12.4. The van der Waals surface area contributed by atoms with Crippen molar-refractivity contribution in [3.05, 3.63) is 70.8 Å². The molecule has 2 aromatic carbocycles. The van der Waals surface area contributed by atoms with Crippen molar-refractivity contribution in [1.82, 2.24) is 20.4 Å². The number of unbranched alkanes of at least 4 members (excludes halogenated alkanes) is 1. The first kappa shape index (κ1) is 31.4. The van der Waals surface area contributed by atoms with E-state index in [9.17, 15) is 18.4 Å². The van der Waals surface area contributed by atoms with E-state index in [0.717, 1.165) is 64.5 Å². The van der Waals surface area contributed by atoms with Gasteiger partial charge in [-0.2, -0.15) is 0 Å². The number of hydrogen-bond acceptors (Lipinski definition) is 4. The number of nitrogens with one attached hydrogen (secondary N) is 2. The van der Waals surface area contributed by atoms with E-state index >= 15 is 0 Å². The molecule has 2 amide bonds. The summed E-state index contributed by atoms with van der Waals surface area (Å²) >= 11 is 0. The summed E-state index contributed by atoms with van der Waals surface area (Å²) < 4.78 is 24.4. The van der Waals surface area contributed by atoms with Gasteiger partial charge in [0.25, 0.3) is 0 Å². The summed E-state index contributed by atoms with van der Waals surface area (Å²) in [7, 11) is 0. The molecule has 0 saturated carbocycles. The van der Waals surface area contributed by atoms with Gasteiger partial charge >= 0.3 is 0 Å². The van der Waals surface area contributed by atoms with Gasteiger partial charge in [-0.3, -0.25) is 14.5 Å². The first-order chi connectivity index (χ1) is 18.2. The van der Waals surface area contributed by atoms with E-state index in [1.807, 2.05) is 16.7 Å². The van der Waals surface area contributed by atoms with E-state index < -0.39 is 11.6 Å². The molecule has 1 heterocycles. The lowest BCUT2D eigenvalue weighted by Crippen LogP contribution is -2.56. The third-order valence-electron chi connectivity index (χ3n) is 6.62. The zero-order valence-electron chi connectivity index (χ0n) is 23.4. The zero-order valence-corrected chi connectivity index (χ0v) is 23.4. The zero-order chi connectivity index (χ0) is 27.9. The maximum Gasteiger partial charge on any atom is 0.237 e. The van der Waals surface area contributed by atoms with Crippen LogP contribution in [0.5, 0.6) is 0 Å². The van der Waals surface area contributed by atoms with Gasteiger partial charge in [0.1, 0.15) is 11.6 Å². The Morgan fingerprint density at radius 3 is 2.34 bits per heavy atom. The van der Waals surface area contributed by atoms with Crippen molar-refractivity contribution in [3.63, 3.8) is 0 Å². The minimum Gasteiger partial charge on any atom is -0.355 e. The van der Waals surface area contributed by atoms with Crippen LogP contribution in [0, 0.1) is 18.6 Å². The van der Waals surface area contributed by atoms with Gasteiger partial charge in [-0.05, 0) is 68.5 Å². The van der Waals surface area contributed by atoms with Crippen LogP contribution in [0.2, 0.25) is 0 Å². The number of hydrogen-bond donors (Lipinski definition) is 2. The lowest BCUT2D eigenvalue weighted by atomic mass is 10.1. The fourth-order valence-corrected chi connectivity index (χ4v) is 4.27. The van der Waals surface area contributed by atoms with Crippen LogP contribution in [-0.2, 0) is 22.6 Å². The second-order valence-corrected chi connectivity index (χ2v) is 9.82. The molecule has 210 valence electrons. The van der Waals surface area contributed by atoms with Crippen molar-refractivity contribution in [1.29, 1.82) is 0 Å².